The number of nitrogens with zero attached hydrogens (tertiary/aromatic N) is 5. The fourth-order valence-corrected chi connectivity index (χ4v) is 3.81. The SMILES string of the molecule is CCOC(=O)c1sc(NC(=O)CSc2nnnn2-c2ccc(C)cc2)nc1C. The molecule has 0 aliphatic carbocycles. The minimum absolute atomic E-state index is 0.0968. The number of nitrogens with one attached hydrogen (secondary N) is 1. The quantitative estimate of drug-likeness (QED) is 0.460. The highest BCUT2D eigenvalue weighted by Crippen LogP contribution is 2.24. The van der Waals surface area contributed by atoms with Gasteiger partial charge >= 0.3 is 5.97 Å². The molecule has 9 nitrogen and oxygen atoms in total. The predicted molar refractivity (Wildman–Crippen MR) is 106 cm³/mol. The summed E-state index contributed by atoms with van der Waals surface area (Å²) in [4.78, 5) is 28.7. The van der Waals surface area contributed by atoms with Crippen LogP contribution in [-0.2, 0) is 9.53 Å². The van der Waals surface area contributed by atoms with Gasteiger partial charge in [0.25, 0.3) is 0 Å². The molecule has 0 aliphatic heterocycles. The largest absolute Gasteiger partial charge is 0.462 e. The molecule has 1 amide bonds. The number of hydrogen-bond acceptors (Lipinski definition) is 9. The Balaban J connectivity index is 1.61. The second-order valence-electron chi connectivity index (χ2n) is 5.70. The molecule has 1 aromatic carbocycles. The van der Waals surface area contributed by atoms with Crippen LogP contribution in [-0.4, -0.2) is 49.4 Å². The van der Waals surface area contributed by atoms with E-state index in [1.165, 1.54) is 11.8 Å². The third-order valence-electron chi connectivity index (χ3n) is 3.56. The van der Waals surface area contributed by atoms with E-state index >= 15 is 0 Å². The summed E-state index contributed by atoms with van der Waals surface area (Å²) in [5, 5.41) is 15.2. The zero-order valence-electron chi connectivity index (χ0n) is 15.5. The number of tetrazole rings is 1. The molecule has 3 aromatic rings. The summed E-state index contributed by atoms with van der Waals surface area (Å²) in [5.74, 6) is -0.614. The highest BCUT2D eigenvalue weighted by atomic mass is 32.2. The van der Waals surface area contributed by atoms with E-state index in [2.05, 4.69) is 25.8 Å². The Morgan fingerprint density at radius 2 is 2.00 bits per heavy atom. The van der Waals surface area contributed by atoms with Gasteiger partial charge < -0.3 is 10.1 Å². The minimum Gasteiger partial charge on any atom is -0.462 e. The van der Waals surface area contributed by atoms with Gasteiger partial charge in [-0.05, 0) is 43.3 Å². The smallest absolute Gasteiger partial charge is 0.350 e. The number of anilines is 1. The maximum absolute atomic E-state index is 12.3. The zero-order chi connectivity index (χ0) is 20.1. The standard InChI is InChI=1S/C17H18N6O3S2/c1-4-26-15(25)14-11(3)18-16(28-14)19-13(24)9-27-17-20-21-22-23(17)12-7-5-10(2)6-8-12/h5-8H,4,9H2,1-3H3,(H,18,19,24). The molecule has 11 heteroatoms. The van der Waals surface area contributed by atoms with Crippen LogP contribution in [0, 0.1) is 13.8 Å². The minimum atomic E-state index is -0.440. The predicted octanol–water partition coefficient (Wildman–Crippen LogP) is 2.64. The van der Waals surface area contributed by atoms with E-state index in [0.717, 1.165) is 22.6 Å². The van der Waals surface area contributed by atoms with Gasteiger partial charge in [-0.1, -0.05) is 40.8 Å². The molecule has 28 heavy (non-hydrogen) atoms. The Labute approximate surface area is 169 Å². The monoisotopic (exact) mass is 418 g/mol. The molecular formula is C17H18N6O3S2. The molecule has 146 valence electrons. The van der Waals surface area contributed by atoms with Gasteiger partial charge in [0.15, 0.2) is 5.13 Å². The first-order valence-electron chi connectivity index (χ1n) is 8.40. The van der Waals surface area contributed by atoms with Gasteiger partial charge in [0.05, 0.1) is 23.7 Å². The second kappa shape index (κ2) is 8.93. The van der Waals surface area contributed by atoms with E-state index in [0.29, 0.717) is 20.9 Å². The molecule has 0 radical (unpaired) electrons. The van der Waals surface area contributed by atoms with E-state index in [1.807, 2.05) is 31.2 Å². The van der Waals surface area contributed by atoms with Crippen LogP contribution in [0.3, 0.4) is 0 Å². The summed E-state index contributed by atoms with van der Waals surface area (Å²) < 4.78 is 6.55. The maximum Gasteiger partial charge on any atom is 0.350 e. The fourth-order valence-electron chi connectivity index (χ4n) is 2.24. The summed E-state index contributed by atoms with van der Waals surface area (Å²) in [6, 6.07) is 7.74. The highest BCUT2D eigenvalue weighted by Gasteiger charge is 2.18. The molecular weight excluding hydrogens is 400 g/mol. The van der Waals surface area contributed by atoms with Crippen molar-refractivity contribution < 1.29 is 14.3 Å². The van der Waals surface area contributed by atoms with Crippen LogP contribution in [0.25, 0.3) is 5.69 Å². The van der Waals surface area contributed by atoms with Gasteiger partial charge in [-0.2, -0.15) is 4.68 Å². The van der Waals surface area contributed by atoms with E-state index in [1.54, 1.807) is 18.5 Å². The third-order valence-corrected chi connectivity index (χ3v) is 5.53. The van der Waals surface area contributed by atoms with Crippen molar-refractivity contribution in [1.29, 1.82) is 0 Å². The number of amides is 1. The van der Waals surface area contributed by atoms with Crippen molar-refractivity contribution in [3.05, 3.63) is 40.4 Å². The molecule has 2 heterocycles. The van der Waals surface area contributed by atoms with Crippen LogP contribution in [0.4, 0.5) is 5.13 Å². The van der Waals surface area contributed by atoms with Gasteiger partial charge in [0.1, 0.15) is 4.88 Å². The number of thiazole rings is 1. The number of thioether (sulfide) groups is 1. The van der Waals surface area contributed by atoms with Crippen molar-refractivity contribution >= 4 is 40.1 Å². The van der Waals surface area contributed by atoms with Gasteiger partial charge in [-0.15, -0.1) is 5.10 Å². The molecule has 0 atom stereocenters. The Bertz CT molecular complexity index is 983. The van der Waals surface area contributed by atoms with E-state index in [9.17, 15) is 9.59 Å². The number of esters is 1. The Kier molecular flexibility index (Phi) is 6.37. The van der Waals surface area contributed by atoms with Crippen molar-refractivity contribution in [2.75, 3.05) is 17.7 Å². The van der Waals surface area contributed by atoms with Crippen molar-refractivity contribution in [1.82, 2.24) is 25.2 Å². The molecule has 0 saturated carbocycles. The van der Waals surface area contributed by atoms with Crippen LogP contribution < -0.4 is 5.32 Å². The normalized spacial score (nSPS) is 10.7. The second-order valence-corrected chi connectivity index (χ2v) is 7.64. The van der Waals surface area contributed by atoms with Crippen LogP contribution in [0.1, 0.15) is 27.9 Å². The first kappa shape index (κ1) is 20.0. The van der Waals surface area contributed by atoms with E-state index in [-0.39, 0.29) is 18.3 Å². The Morgan fingerprint density at radius 3 is 2.71 bits per heavy atom. The Morgan fingerprint density at radius 1 is 1.25 bits per heavy atom. The van der Waals surface area contributed by atoms with Crippen molar-refractivity contribution in [3.8, 4) is 5.69 Å². The number of rotatable bonds is 7. The molecule has 1 N–H and O–H groups in total. The van der Waals surface area contributed by atoms with Crippen LogP contribution in [0.15, 0.2) is 29.4 Å². The summed E-state index contributed by atoms with van der Waals surface area (Å²) >= 11 is 2.29. The van der Waals surface area contributed by atoms with Gasteiger partial charge in [-0.25, -0.2) is 9.78 Å². The average Bonchev–Trinajstić information content (AvgIpc) is 3.27. The number of aromatic nitrogens is 5. The van der Waals surface area contributed by atoms with Crippen molar-refractivity contribution in [2.24, 2.45) is 0 Å². The summed E-state index contributed by atoms with van der Waals surface area (Å²) in [6.07, 6.45) is 0. The number of ether oxygens (including phenoxy) is 1. The molecule has 0 unspecified atom stereocenters. The summed E-state index contributed by atoms with van der Waals surface area (Å²) in [5.41, 5.74) is 2.47. The van der Waals surface area contributed by atoms with Crippen molar-refractivity contribution in [3.63, 3.8) is 0 Å². The first-order valence-corrected chi connectivity index (χ1v) is 10.2. The van der Waals surface area contributed by atoms with Crippen LogP contribution in [0.5, 0.6) is 0 Å². The maximum atomic E-state index is 12.3. The zero-order valence-corrected chi connectivity index (χ0v) is 17.1. The molecule has 0 bridgehead atoms. The first-order chi connectivity index (χ1) is 13.5. The lowest BCUT2D eigenvalue weighted by Gasteiger charge is -2.04. The van der Waals surface area contributed by atoms with Gasteiger partial charge in [0, 0.05) is 0 Å². The third kappa shape index (κ3) is 4.73. The molecule has 0 saturated heterocycles. The van der Waals surface area contributed by atoms with E-state index < -0.39 is 5.97 Å². The van der Waals surface area contributed by atoms with Crippen LogP contribution in [0.2, 0.25) is 0 Å². The fraction of sp³-hybridized carbons (Fsp3) is 0.294. The van der Waals surface area contributed by atoms with Gasteiger partial charge in [0.2, 0.25) is 11.1 Å². The lowest BCUT2D eigenvalue weighted by Crippen LogP contribution is -2.14. The molecule has 0 aliphatic rings. The van der Waals surface area contributed by atoms with E-state index in [4.69, 9.17) is 4.74 Å². The highest BCUT2D eigenvalue weighted by molar-refractivity contribution is 7.99. The summed E-state index contributed by atoms with van der Waals surface area (Å²) in [6.45, 7) is 5.71. The lowest BCUT2D eigenvalue weighted by atomic mass is 10.2. The number of hydrogen-bond donors (Lipinski definition) is 1. The van der Waals surface area contributed by atoms with Gasteiger partial charge in [-0.3, -0.25) is 4.79 Å². The molecule has 0 fully saturated rings. The topological polar surface area (TPSA) is 112 Å². The summed E-state index contributed by atoms with van der Waals surface area (Å²) in [7, 11) is 0. The number of aryl methyl sites for hydroxylation is 2. The average molecular weight is 419 g/mol. The van der Waals surface area contributed by atoms with Crippen molar-refractivity contribution in [2.45, 2.75) is 25.9 Å². The Hall–Kier alpha value is -2.79. The molecule has 0 spiro atoms. The number of carbonyl (C=O) groups excluding carboxylic acids is 2. The number of carbonyl (C=O) groups is 2. The van der Waals surface area contributed by atoms with Crippen LogP contribution >= 0.6 is 23.1 Å². The lowest BCUT2D eigenvalue weighted by molar-refractivity contribution is -0.113. The number of benzene rings is 1. The molecule has 3 rings (SSSR count). The molecule has 2 aromatic heterocycles.